The number of para-hydroxylation sites is 1. The fourth-order valence-corrected chi connectivity index (χ4v) is 6.18. The molecular formula is C28H27N7O2S. The molecule has 3 aromatic carbocycles. The Hall–Kier alpha value is -4.46. The third-order valence-electron chi connectivity index (χ3n) is 6.57. The second-order valence-electron chi connectivity index (χ2n) is 8.91. The second kappa shape index (κ2) is 10.9. The van der Waals surface area contributed by atoms with Crippen LogP contribution in [0.4, 0.5) is 5.69 Å². The maximum absolute atomic E-state index is 13.9. The fraction of sp³-hybridized carbons (Fsp3) is 0.179. The molecule has 10 heteroatoms. The van der Waals surface area contributed by atoms with Gasteiger partial charge in [0.25, 0.3) is 0 Å². The van der Waals surface area contributed by atoms with Crippen LogP contribution < -0.4 is 5.32 Å². The number of hydrogen-bond donors (Lipinski definition) is 1. The molecule has 1 atom stereocenters. The van der Waals surface area contributed by atoms with Crippen molar-refractivity contribution in [2.75, 3.05) is 25.0 Å². The Labute approximate surface area is 222 Å². The van der Waals surface area contributed by atoms with Gasteiger partial charge in [-0.15, -0.1) is 4.99 Å². The van der Waals surface area contributed by atoms with Crippen molar-refractivity contribution < 1.29 is 8.42 Å². The lowest BCUT2D eigenvalue weighted by atomic mass is 10.0. The molecule has 0 radical (unpaired) electrons. The van der Waals surface area contributed by atoms with Gasteiger partial charge in [-0.3, -0.25) is 0 Å². The molecule has 1 aromatic heterocycles. The summed E-state index contributed by atoms with van der Waals surface area (Å²) in [5.74, 6) is 0.392. The summed E-state index contributed by atoms with van der Waals surface area (Å²) in [6.07, 6.45) is 5.37. The molecule has 1 N–H and O–H groups in total. The zero-order valence-electron chi connectivity index (χ0n) is 20.8. The van der Waals surface area contributed by atoms with Gasteiger partial charge in [0.2, 0.25) is 22.2 Å². The fourth-order valence-electron chi connectivity index (χ4n) is 4.58. The van der Waals surface area contributed by atoms with Gasteiger partial charge in [-0.1, -0.05) is 48.5 Å². The number of aryl methyl sites for hydroxylation is 1. The van der Waals surface area contributed by atoms with Crippen LogP contribution in [-0.4, -0.2) is 53.0 Å². The third-order valence-corrected chi connectivity index (χ3v) is 8.50. The van der Waals surface area contributed by atoms with Gasteiger partial charge in [-0.25, -0.2) is 13.1 Å². The van der Waals surface area contributed by atoms with Crippen molar-refractivity contribution in [1.82, 2.24) is 19.0 Å². The first kappa shape index (κ1) is 25.2. The summed E-state index contributed by atoms with van der Waals surface area (Å²) in [5, 5.41) is 16.9. The van der Waals surface area contributed by atoms with Crippen LogP contribution in [-0.2, 0) is 10.0 Å². The average molecular weight is 526 g/mol. The van der Waals surface area contributed by atoms with Crippen molar-refractivity contribution in [3.8, 4) is 11.9 Å². The van der Waals surface area contributed by atoms with Gasteiger partial charge in [-0.05, 0) is 54.4 Å². The van der Waals surface area contributed by atoms with E-state index in [0.29, 0.717) is 19.0 Å². The van der Waals surface area contributed by atoms with Gasteiger partial charge in [-0.2, -0.15) is 14.7 Å². The van der Waals surface area contributed by atoms with Crippen molar-refractivity contribution in [2.24, 2.45) is 4.99 Å². The zero-order chi connectivity index (χ0) is 26.5. The summed E-state index contributed by atoms with van der Waals surface area (Å²) < 4.78 is 31.0. The van der Waals surface area contributed by atoms with Crippen LogP contribution in [0, 0.1) is 18.4 Å². The molecule has 1 unspecified atom stereocenters. The standard InChI is InChI=1S/C28H27N7O2S/c1-22-8-5-6-11-26(22)32-28(30-21-29)33-18-19-35(27(20-33)23-9-3-2-4-10-23)38(36,37)25-14-12-24(13-15-25)34-17-7-16-31-34/h2-17,27H,18-20H2,1H3,(H,30,32). The lowest BCUT2D eigenvalue weighted by Gasteiger charge is -2.41. The highest BCUT2D eigenvalue weighted by Gasteiger charge is 2.38. The Bertz CT molecular complexity index is 1560. The number of aromatic nitrogens is 2. The van der Waals surface area contributed by atoms with Crippen LogP contribution in [0.25, 0.3) is 5.69 Å². The molecule has 1 aliphatic heterocycles. The highest BCUT2D eigenvalue weighted by atomic mass is 32.2. The normalized spacial score (nSPS) is 16.7. The Morgan fingerprint density at radius 3 is 2.42 bits per heavy atom. The molecule has 192 valence electrons. The van der Waals surface area contributed by atoms with Gasteiger partial charge in [0.15, 0.2) is 0 Å². The summed E-state index contributed by atoms with van der Waals surface area (Å²) >= 11 is 0. The monoisotopic (exact) mass is 525 g/mol. The molecule has 38 heavy (non-hydrogen) atoms. The molecule has 0 aliphatic carbocycles. The number of rotatable bonds is 5. The number of anilines is 1. The quantitative estimate of drug-likeness (QED) is 0.238. The van der Waals surface area contributed by atoms with E-state index in [1.165, 1.54) is 0 Å². The van der Waals surface area contributed by atoms with Gasteiger partial charge in [0.05, 0.1) is 16.6 Å². The van der Waals surface area contributed by atoms with Gasteiger partial charge < -0.3 is 10.2 Å². The Kier molecular flexibility index (Phi) is 7.22. The van der Waals surface area contributed by atoms with Gasteiger partial charge in [0, 0.05) is 37.7 Å². The van der Waals surface area contributed by atoms with Gasteiger partial charge in [0.1, 0.15) is 0 Å². The Morgan fingerprint density at radius 2 is 1.74 bits per heavy atom. The van der Waals surface area contributed by atoms with Crippen molar-refractivity contribution in [3.05, 3.63) is 108 Å². The largest absolute Gasteiger partial charge is 0.339 e. The van der Waals surface area contributed by atoms with Crippen LogP contribution in [0.3, 0.4) is 0 Å². The van der Waals surface area contributed by atoms with Crippen molar-refractivity contribution in [2.45, 2.75) is 17.9 Å². The van der Waals surface area contributed by atoms with Crippen molar-refractivity contribution in [3.63, 3.8) is 0 Å². The summed E-state index contributed by atoms with van der Waals surface area (Å²) in [4.78, 5) is 6.20. The van der Waals surface area contributed by atoms with Crippen molar-refractivity contribution >= 4 is 21.7 Å². The van der Waals surface area contributed by atoms with E-state index < -0.39 is 16.1 Å². The minimum Gasteiger partial charge on any atom is -0.339 e. The molecule has 4 aromatic rings. The predicted octanol–water partition coefficient (Wildman–Crippen LogP) is 4.18. The molecule has 0 amide bonds. The van der Waals surface area contributed by atoms with Crippen LogP contribution in [0.15, 0.2) is 107 Å². The maximum Gasteiger partial charge on any atom is 0.243 e. The molecule has 0 bridgehead atoms. The Balaban J connectivity index is 1.45. The van der Waals surface area contributed by atoms with Crippen LogP contribution in [0.2, 0.25) is 0 Å². The lowest BCUT2D eigenvalue weighted by Crippen LogP contribution is -2.53. The van der Waals surface area contributed by atoms with Crippen LogP contribution in [0.5, 0.6) is 0 Å². The van der Waals surface area contributed by atoms with Gasteiger partial charge >= 0.3 is 0 Å². The number of guanidine groups is 1. The molecule has 1 fully saturated rings. The number of nitrogens with one attached hydrogen (secondary N) is 1. The number of sulfonamides is 1. The number of nitrogens with zero attached hydrogens (tertiary/aromatic N) is 6. The van der Waals surface area contributed by atoms with E-state index in [4.69, 9.17) is 0 Å². The minimum absolute atomic E-state index is 0.215. The average Bonchev–Trinajstić information content (AvgIpc) is 3.49. The highest BCUT2D eigenvalue weighted by molar-refractivity contribution is 7.89. The van der Waals surface area contributed by atoms with E-state index >= 15 is 0 Å². The predicted molar refractivity (Wildman–Crippen MR) is 146 cm³/mol. The molecule has 9 nitrogen and oxygen atoms in total. The maximum atomic E-state index is 13.9. The summed E-state index contributed by atoms with van der Waals surface area (Å²) in [7, 11) is -3.82. The molecule has 5 rings (SSSR count). The molecule has 1 saturated heterocycles. The SMILES string of the molecule is Cc1ccccc1N/C(=N\C#N)N1CCN(S(=O)(=O)c2ccc(-n3cccn3)cc2)C(c2ccccc2)C1. The number of hydrogen-bond acceptors (Lipinski definition) is 5. The van der Waals surface area contributed by atoms with E-state index in [2.05, 4.69) is 15.4 Å². The zero-order valence-corrected chi connectivity index (χ0v) is 21.7. The first-order valence-electron chi connectivity index (χ1n) is 12.2. The van der Waals surface area contributed by atoms with Crippen molar-refractivity contribution in [1.29, 1.82) is 5.26 Å². The van der Waals surface area contributed by atoms with E-state index in [1.54, 1.807) is 45.6 Å². The molecular weight excluding hydrogens is 498 g/mol. The summed E-state index contributed by atoms with van der Waals surface area (Å²) in [6.45, 7) is 2.89. The topological polar surface area (TPSA) is 107 Å². The highest BCUT2D eigenvalue weighted by Crippen LogP contribution is 2.32. The third kappa shape index (κ3) is 5.16. The number of benzene rings is 3. The van der Waals surface area contributed by atoms with E-state index in [9.17, 15) is 13.7 Å². The summed E-state index contributed by atoms with van der Waals surface area (Å²) in [6, 6.07) is 25.3. The van der Waals surface area contributed by atoms with Crippen LogP contribution >= 0.6 is 0 Å². The molecule has 2 heterocycles. The first-order valence-corrected chi connectivity index (χ1v) is 13.6. The number of aliphatic imine (C=N–C) groups is 1. The van der Waals surface area contributed by atoms with E-state index in [1.807, 2.05) is 78.7 Å². The summed E-state index contributed by atoms with van der Waals surface area (Å²) in [5.41, 5.74) is 3.49. The Morgan fingerprint density at radius 1 is 1.00 bits per heavy atom. The first-order chi connectivity index (χ1) is 18.5. The minimum atomic E-state index is -3.82. The second-order valence-corrected chi connectivity index (χ2v) is 10.8. The lowest BCUT2D eigenvalue weighted by molar-refractivity contribution is 0.194. The van der Waals surface area contributed by atoms with Crippen LogP contribution in [0.1, 0.15) is 17.2 Å². The van der Waals surface area contributed by atoms with E-state index in [-0.39, 0.29) is 11.4 Å². The van der Waals surface area contributed by atoms with E-state index in [0.717, 1.165) is 22.5 Å². The molecule has 0 saturated carbocycles. The number of piperazine rings is 1. The molecule has 0 spiro atoms. The smallest absolute Gasteiger partial charge is 0.243 e. The molecule has 1 aliphatic rings. The number of nitriles is 1.